The van der Waals surface area contributed by atoms with Gasteiger partial charge in [0.25, 0.3) is 0 Å². The third-order valence-corrected chi connectivity index (χ3v) is 5.67. The van der Waals surface area contributed by atoms with Gasteiger partial charge in [-0.2, -0.15) is 0 Å². The first-order valence-electron chi connectivity index (χ1n) is 9.43. The molecule has 27 heavy (non-hydrogen) atoms. The highest BCUT2D eigenvalue weighted by molar-refractivity contribution is 7.80. The van der Waals surface area contributed by atoms with Crippen molar-refractivity contribution in [2.24, 2.45) is 0 Å². The fraction of sp³-hybridized carbons (Fsp3) is 0.0769. The predicted octanol–water partition coefficient (Wildman–Crippen LogP) is 7.68. The number of hydrogen-bond acceptors (Lipinski definition) is 1. The molecule has 0 bridgehead atoms. The van der Waals surface area contributed by atoms with Crippen LogP contribution < -0.4 is 0 Å². The van der Waals surface area contributed by atoms with Gasteiger partial charge in [-0.3, -0.25) is 0 Å². The molecule has 0 aliphatic heterocycles. The second-order valence-electron chi connectivity index (χ2n) is 7.03. The van der Waals surface area contributed by atoms with E-state index < -0.39 is 0 Å². The maximum atomic E-state index is 4.46. The first kappa shape index (κ1) is 16.4. The number of allylic oxidation sites excluding steroid dienone is 4. The van der Waals surface area contributed by atoms with Crippen LogP contribution in [0, 0.1) is 0 Å². The first-order valence-corrected chi connectivity index (χ1v) is 9.87. The van der Waals surface area contributed by atoms with Crippen molar-refractivity contribution in [1.82, 2.24) is 0 Å². The Bertz CT molecular complexity index is 1150. The highest BCUT2D eigenvalue weighted by Crippen LogP contribution is 2.42. The fourth-order valence-corrected chi connectivity index (χ4v) is 4.33. The zero-order valence-electron chi connectivity index (χ0n) is 15.0. The fourth-order valence-electron chi connectivity index (χ4n) is 4.18. The summed E-state index contributed by atoms with van der Waals surface area (Å²) in [4.78, 5) is 0.987. The van der Waals surface area contributed by atoms with E-state index in [9.17, 15) is 0 Å². The molecule has 1 aliphatic rings. The van der Waals surface area contributed by atoms with Crippen LogP contribution in [0.25, 0.3) is 38.2 Å². The number of fused-ring (bicyclic) bond motifs is 2. The summed E-state index contributed by atoms with van der Waals surface area (Å²) in [5, 5.41) is 5.24. The summed E-state index contributed by atoms with van der Waals surface area (Å²) < 4.78 is 0. The van der Waals surface area contributed by atoms with Crippen LogP contribution in [0.5, 0.6) is 0 Å². The zero-order valence-corrected chi connectivity index (χ0v) is 15.9. The lowest BCUT2D eigenvalue weighted by Crippen LogP contribution is -1.94. The van der Waals surface area contributed by atoms with Gasteiger partial charge in [-0.05, 0) is 68.8 Å². The number of benzene rings is 4. The summed E-state index contributed by atoms with van der Waals surface area (Å²) in [7, 11) is 0. The third-order valence-electron chi connectivity index (χ3n) is 5.37. The van der Waals surface area contributed by atoms with Crippen molar-refractivity contribution in [3.8, 4) is 11.1 Å². The van der Waals surface area contributed by atoms with Gasteiger partial charge in [0.05, 0.1) is 0 Å². The highest BCUT2D eigenvalue weighted by atomic mass is 32.1. The number of rotatable bonds is 2. The lowest BCUT2D eigenvalue weighted by atomic mass is 9.85. The topological polar surface area (TPSA) is 0 Å². The van der Waals surface area contributed by atoms with Gasteiger partial charge >= 0.3 is 0 Å². The van der Waals surface area contributed by atoms with Crippen molar-refractivity contribution < 1.29 is 0 Å². The van der Waals surface area contributed by atoms with Crippen molar-refractivity contribution >= 4 is 39.7 Å². The van der Waals surface area contributed by atoms with E-state index in [0.717, 1.165) is 17.7 Å². The molecule has 0 nitrogen and oxygen atoms in total. The molecule has 4 aromatic rings. The van der Waals surface area contributed by atoms with E-state index in [1.54, 1.807) is 0 Å². The molecule has 0 N–H and O–H groups in total. The van der Waals surface area contributed by atoms with E-state index in [4.69, 9.17) is 0 Å². The van der Waals surface area contributed by atoms with E-state index in [1.807, 2.05) is 0 Å². The maximum Gasteiger partial charge on any atom is 0.00404 e. The number of thiol groups is 1. The predicted molar refractivity (Wildman–Crippen MR) is 120 cm³/mol. The minimum absolute atomic E-state index is 0.987. The monoisotopic (exact) mass is 364 g/mol. The van der Waals surface area contributed by atoms with Gasteiger partial charge in [-0.1, -0.05) is 78.9 Å². The van der Waals surface area contributed by atoms with Gasteiger partial charge in [0.2, 0.25) is 0 Å². The van der Waals surface area contributed by atoms with Gasteiger partial charge in [0.15, 0.2) is 0 Å². The summed E-state index contributed by atoms with van der Waals surface area (Å²) in [5.74, 6) is 0. The highest BCUT2D eigenvalue weighted by Gasteiger charge is 2.16. The molecule has 0 amide bonds. The van der Waals surface area contributed by atoms with E-state index in [0.29, 0.717) is 0 Å². The quantitative estimate of drug-likeness (QED) is 0.274. The van der Waals surface area contributed by atoms with Gasteiger partial charge in [0.1, 0.15) is 0 Å². The molecular weight excluding hydrogens is 344 g/mol. The molecule has 0 saturated heterocycles. The SMILES string of the molecule is Sc1ccc(-c2c3ccccc3c(C3=CCCC=C3)c3ccccc23)cc1. The molecular formula is C26H20S. The normalized spacial score (nSPS) is 13.9. The summed E-state index contributed by atoms with van der Waals surface area (Å²) in [5.41, 5.74) is 5.23. The second kappa shape index (κ2) is 6.75. The largest absolute Gasteiger partial charge is 0.143 e. The molecule has 0 atom stereocenters. The zero-order chi connectivity index (χ0) is 18.2. The molecule has 1 aliphatic carbocycles. The van der Waals surface area contributed by atoms with Crippen LogP contribution >= 0.6 is 12.6 Å². The molecule has 0 fully saturated rings. The Morgan fingerprint density at radius 2 is 1.15 bits per heavy atom. The third kappa shape index (κ3) is 2.79. The van der Waals surface area contributed by atoms with Crippen molar-refractivity contribution in [1.29, 1.82) is 0 Å². The molecule has 0 saturated carbocycles. The molecule has 1 heteroatoms. The molecule has 5 rings (SSSR count). The second-order valence-corrected chi connectivity index (χ2v) is 7.54. The van der Waals surface area contributed by atoms with E-state index in [1.165, 1.54) is 43.8 Å². The Labute approximate surface area is 165 Å². The van der Waals surface area contributed by atoms with Crippen molar-refractivity contribution in [3.63, 3.8) is 0 Å². The van der Waals surface area contributed by atoms with Crippen LogP contribution in [0.15, 0.2) is 95.9 Å². The molecule has 4 aromatic carbocycles. The van der Waals surface area contributed by atoms with Gasteiger partial charge in [-0.15, -0.1) is 12.6 Å². The van der Waals surface area contributed by atoms with E-state index in [-0.39, 0.29) is 0 Å². The van der Waals surface area contributed by atoms with Crippen molar-refractivity contribution in [2.45, 2.75) is 17.7 Å². The summed E-state index contributed by atoms with van der Waals surface area (Å²) >= 11 is 4.46. The Balaban J connectivity index is 1.95. The minimum Gasteiger partial charge on any atom is -0.143 e. The maximum absolute atomic E-state index is 4.46. The van der Waals surface area contributed by atoms with Crippen LogP contribution in [0.2, 0.25) is 0 Å². The first-order chi connectivity index (χ1) is 13.3. The standard InChI is InChI=1S/C26H20S/c27-20-16-14-19(15-17-20)26-23-12-6-4-10-21(23)25(18-8-2-1-3-9-18)22-11-5-7-13-24(22)26/h2,4-17,27H,1,3H2. The lowest BCUT2D eigenvalue weighted by molar-refractivity contribution is 1.04. The van der Waals surface area contributed by atoms with Crippen LogP contribution in [0.1, 0.15) is 18.4 Å². The smallest absolute Gasteiger partial charge is 0.00404 e. The summed E-state index contributed by atoms with van der Waals surface area (Å²) in [6.45, 7) is 0. The average molecular weight is 365 g/mol. The van der Waals surface area contributed by atoms with Crippen LogP contribution in [0.3, 0.4) is 0 Å². The minimum atomic E-state index is 0.987. The van der Waals surface area contributed by atoms with E-state index in [2.05, 4.69) is 104 Å². The van der Waals surface area contributed by atoms with Crippen LogP contribution in [-0.2, 0) is 0 Å². The summed E-state index contributed by atoms with van der Waals surface area (Å²) in [6.07, 6.45) is 9.20. The number of hydrogen-bond donors (Lipinski definition) is 1. The molecule has 0 aromatic heterocycles. The Kier molecular flexibility index (Phi) is 4.10. The lowest BCUT2D eigenvalue weighted by Gasteiger charge is -2.19. The van der Waals surface area contributed by atoms with Gasteiger partial charge in [-0.25, -0.2) is 0 Å². The molecule has 0 radical (unpaired) electrons. The van der Waals surface area contributed by atoms with Crippen molar-refractivity contribution in [3.05, 3.63) is 96.6 Å². The molecule has 0 heterocycles. The van der Waals surface area contributed by atoms with Gasteiger partial charge in [0, 0.05) is 4.90 Å². The van der Waals surface area contributed by atoms with Gasteiger partial charge < -0.3 is 0 Å². The molecule has 0 unspecified atom stereocenters. The summed E-state index contributed by atoms with van der Waals surface area (Å²) in [6, 6.07) is 26.1. The average Bonchev–Trinajstić information content (AvgIpc) is 2.73. The Morgan fingerprint density at radius 1 is 0.593 bits per heavy atom. The molecule has 130 valence electrons. The van der Waals surface area contributed by atoms with Crippen LogP contribution in [-0.4, -0.2) is 0 Å². The van der Waals surface area contributed by atoms with E-state index >= 15 is 0 Å². The van der Waals surface area contributed by atoms with Crippen molar-refractivity contribution in [2.75, 3.05) is 0 Å². The molecule has 0 spiro atoms. The van der Waals surface area contributed by atoms with Crippen LogP contribution in [0.4, 0.5) is 0 Å². The Morgan fingerprint density at radius 3 is 1.67 bits per heavy atom. The Hall–Kier alpha value is -2.77.